The van der Waals surface area contributed by atoms with E-state index in [0.717, 1.165) is 0 Å². The summed E-state index contributed by atoms with van der Waals surface area (Å²) in [7, 11) is 14.4. The maximum absolute atomic E-state index is 11.4. The molecule has 1 N–H and O–H groups in total. The van der Waals surface area contributed by atoms with Crippen LogP contribution >= 0.6 is 0 Å². The van der Waals surface area contributed by atoms with Crippen molar-refractivity contribution in [2.24, 2.45) is 0 Å². The molecule has 0 fully saturated rings. The summed E-state index contributed by atoms with van der Waals surface area (Å²) >= 11 is 0. The van der Waals surface area contributed by atoms with Crippen molar-refractivity contribution in [3.8, 4) is 0 Å². The molecule has 0 saturated heterocycles. The summed E-state index contributed by atoms with van der Waals surface area (Å²) in [5.41, 5.74) is 0. The molecule has 0 heterocycles. The Balaban J connectivity index is 4.52. The van der Waals surface area contributed by atoms with E-state index in [4.69, 9.17) is 15.5 Å². The molecule has 5 radical (unpaired) electrons. The molecule has 2 nitrogen and oxygen atoms in total. The lowest BCUT2D eigenvalue weighted by molar-refractivity contribution is -0.122. The van der Waals surface area contributed by atoms with Gasteiger partial charge in [-0.05, 0) is 0 Å². The van der Waals surface area contributed by atoms with Gasteiger partial charge in [0, 0.05) is 34.9 Å². The maximum Gasteiger partial charge on any atom is 0.216 e. The number of nitrogens with one attached hydrogen (secondary N) is 1. The molecule has 0 aliphatic carbocycles. The van der Waals surface area contributed by atoms with Gasteiger partial charge >= 0.3 is 0 Å². The Morgan fingerprint density at radius 3 is 2.31 bits per heavy atom. The highest BCUT2D eigenvalue weighted by Gasteiger charge is 2.37. The van der Waals surface area contributed by atoms with Gasteiger partial charge in [-0.1, -0.05) is 13.8 Å². The highest BCUT2D eigenvalue weighted by atomic mass is 16.2. The zero-order chi connectivity index (χ0) is 10.6. The first kappa shape index (κ1) is 12.8. The first-order valence-corrected chi connectivity index (χ1v) is 4.40. The van der Waals surface area contributed by atoms with Gasteiger partial charge in [0.1, 0.15) is 0 Å². The van der Waals surface area contributed by atoms with E-state index in [0.29, 0.717) is 0 Å². The zero-order valence-corrected chi connectivity index (χ0v) is 8.79. The number of carbonyl (C=O) groups excluding carboxylic acids is 1. The SMILES string of the molecule is [B][B]B(C)B([B])C(C)(C)C(=O)NC. The fourth-order valence-electron chi connectivity index (χ4n) is 1.25. The highest BCUT2D eigenvalue weighted by molar-refractivity contribution is 7.63. The van der Waals surface area contributed by atoms with Crippen LogP contribution in [0.3, 0.4) is 0 Å². The van der Waals surface area contributed by atoms with Crippen molar-refractivity contribution < 1.29 is 4.79 Å². The fraction of sp³-hybridized carbons (Fsp3) is 0.833. The molecule has 0 aromatic carbocycles. The molecule has 0 aromatic rings. The number of carbonyl (C=O) groups is 1. The van der Waals surface area contributed by atoms with Crippen LogP contribution in [0.25, 0.3) is 0 Å². The Bertz CT molecular complexity index is 186. The van der Waals surface area contributed by atoms with Crippen molar-refractivity contribution >= 4 is 41.4 Å². The van der Waals surface area contributed by atoms with E-state index in [1.807, 2.05) is 20.7 Å². The van der Waals surface area contributed by atoms with Gasteiger partial charge in [-0.25, -0.2) is 0 Å². The molecular weight excluding hydrogens is 156 g/mol. The fourth-order valence-corrected chi connectivity index (χ4v) is 1.25. The second-order valence-corrected chi connectivity index (χ2v) is 3.88. The lowest BCUT2D eigenvalue weighted by Crippen LogP contribution is -2.52. The predicted octanol–water partition coefficient (Wildman–Crippen LogP) is -0.840. The van der Waals surface area contributed by atoms with Crippen LogP contribution in [-0.2, 0) is 4.79 Å². The van der Waals surface area contributed by atoms with Crippen molar-refractivity contribution in [1.82, 2.24) is 5.32 Å². The molecule has 13 heavy (non-hydrogen) atoms. The Kier molecular flexibility index (Phi) is 4.80. The zero-order valence-electron chi connectivity index (χ0n) is 8.79. The van der Waals surface area contributed by atoms with Crippen LogP contribution in [0.4, 0.5) is 0 Å². The summed E-state index contributed by atoms with van der Waals surface area (Å²) in [5.74, 6) is -0.0614. The van der Waals surface area contributed by atoms with Crippen LogP contribution in [0.1, 0.15) is 13.8 Å². The first-order chi connectivity index (χ1) is 5.87. The summed E-state index contributed by atoms with van der Waals surface area (Å²) in [6.07, 6.45) is 0. The van der Waals surface area contributed by atoms with Crippen LogP contribution in [-0.4, -0.2) is 48.5 Å². The number of rotatable bonds is 4. The quantitative estimate of drug-likeness (QED) is 0.546. The normalized spacial score (nSPS) is 10.5. The monoisotopic (exact) mass is 170 g/mol. The number of amides is 1. The van der Waals surface area contributed by atoms with Gasteiger partial charge in [0.2, 0.25) is 5.91 Å². The second kappa shape index (κ2) is 4.87. The standard InChI is InChI=1S/C6H13B5NO/c1-6(2,5(13)12-4)11(8)10(3)9-7/h1-4H3,(H,12,13). The third-order valence-electron chi connectivity index (χ3n) is 2.52. The molecule has 0 atom stereocenters. The largest absolute Gasteiger partial charge is 0.359 e. The van der Waals surface area contributed by atoms with Crippen molar-refractivity contribution in [1.29, 1.82) is 0 Å². The van der Waals surface area contributed by atoms with Crippen molar-refractivity contribution in [3.05, 3.63) is 0 Å². The van der Waals surface area contributed by atoms with Gasteiger partial charge in [-0.2, -0.15) is 0 Å². The molecule has 0 spiro atoms. The Morgan fingerprint density at radius 2 is 2.00 bits per heavy atom. The Hall–Kier alpha value is -0.205. The summed E-state index contributed by atoms with van der Waals surface area (Å²) < 4.78 is 0. The lowest BCUT2D eigenvalue weighted by atomic mass is 8.84. The highest BCUT2D eigenvalue weighted by Crippen LogP contribution is 2.27. The number of hydrogen-bond donors (Lipinski definition) is 1. The van der Waals surface area contributed by atoms with E-state index in [-0.39, 0.29) is 18.9 Å². The molecule has 1 amide bonds. The van der Waals surface area contributed by atoms with Gasteiger partial charge in [-0.3, -0.25) is 4.79 Å². The van der Waals surface area contributed by atoms with Crippen LogP contribution < -0.4 is 5.32 Å². The minimum Gasteiger partial charge on any atom is -0.359 e. The first-order valence-electron chi connectivity index (χ1n) is 4.40. The van der Waals surface area contributed by atoms with Crippen molar-refractivity contribution in [2.75, 3.05) is 7.05 Å². The minimum absolute atomic E-state index is 0.0206. The molecule has 7 heteroatoms. The van der Waals surface area contributed by atoms with E-state index in [1.54, 1.807) is 7.05 Å². The lowest BCUT2D eigenvalue weighted by Gasteiger charge is -2.31. The van der Waals surface area contributed by atoms with Gasteiger partial charge < -0.3 is 5.32 Å². The summed E-state index contributed by atoms with van der Waals surface area (Å²) in [6.45, 7) is 5.28. The average molecular weight is 169 g/mol. The molecule has 0 aromatic heterocycles. The Morgan fingerprint density at radius 1 is 1.54 bits per heavy atom. The topological polar surface area (TPSA) is 29.1 Å². The van der Waals surface area contributed by atoms with Crippen LogP contribution in [0.5, 0.6) is 0 Å². The summed E-state index contributed by atoms with van der Waals surface area (Å²) in [5, 5.41) is 2.00. The van der Waals surface area contributed by atoms with Gasteiger partial charge in [0.15, 0.2) is 0 Å². The van der Waals surface area contributed by atoms with E-state index in [2.05, 4.69) is 5.32 Å². The average Bonchev–Trinajstić information content (AvgIpc) is 2.13. The van der Waals surface area contributed by atoms with E-state index >= 15 is 0 Å². The Labute approximate surface area is 85.1 Å². The van der Waals surface area contributed by atoms with Gasteiger partial charge in [-0.15, -0.1) is 6.82 Å². The second-order valence-electron chi connectivity index (χ2n) is 3.88. The molecular formula is C6H13B5NO. The van der Waals surface area contributed by atoms with Crippen LogP contribution in [0.15, 0.2) is 0 Å². The minimum atomic E-state index is -0.593. The molecule has 0 aliphatic rings. The molecule has 63 valence electrons. The third kappa shape index (κ3) is 2.89. The molecule has 0 unspecified atom stereocenters. The van der Waals surface area contributed by atoms with E-state index in [9.17, 15) is 4.79 Å². The molecule has 0 saturated carbocycles. The van der Waals surface area contributed by atoms with E-state index < -0.39 is 5.31 Å². The summed E-state index contributed by atoms with van der Waals surface area (Å²) in [6, 6.07) is 0. The predicted molar refractivity (Wildman–Crippen MR) is 62.7 cm³/mol. The smallest absolute Gasteiger partial charge is 0.216 e. The van der Waals surface area contributed by atoms with Crippen LogP contribution in [0.2, 0.25) is 12.1 Å². The van der Waals surface area contributed by atoms with Crippen molar-refractivity contribution in [3.63, 3.8) is 0 Å². The van der Waals surface area contributed by atoms with Crippen molar-refractivity contribution in [2.45, 2.75) is 26.0 Å². The molecule has 0 aliphatic heterocycles. The van der Waals surface area contributed by atoms with Crippen LogP contribution in [0, 0.1) is 0 Å². The van der Waals surface area contributed by atoms with Gasteiger partial charge in [0.25, 0.3) is 0 Å². The van der Waals surface area contributed by atoms with E-state index in [1.165, 1.54) is 7.06 Å². The number of hydrogen-bond acceptors (Lipinski definition) is 1. The van der Waals surface area contributed by atoms with Gasteiger partial charge in [0.05, 0.1) is 13.0 Å². The molecule has 0 bridgehead atoms. The summed E-state index contributed by atoms with van der Waals surface area (Å²) in [4.78, 5) is 11.4. The third-order valence-corrected chi connectivity index (χ3v) is 2.52. The maximum atomic E-state index is 11.4. The molecule has 0 rings (SSSR count).